The molecule has 1 unspecified atom stereocenters. The molecular weight excluding hydrogens is 234 g/mol. The molecule has 0 aliphatic carbocycles. The van der Waals surface area contributed by atoms with Gasteiger partial charge < -0.3 is 10.6 Å². The van der Waals surface area contributed by atoms with Gasteiger partial charge in [-0.05, 0) is 18.4 Å². The van der Waals surface area contributed by atoms with Crippen molar-refractivity contribution in [3.05, 3.63) is 33.9 Å². The van der Waals surface area contributed by atoms with Crippen LogP contribution in [0.25, 0.3) is 0 Å². The molecule has 1 aliphatic heterocycles. The van der Waals surface area contributed by atoms with Gasteiger partial charge in [-0.15, -0.1) is 0 Å². The van der Waals surface area contributed by atoms with Crippen LogP contribution >= 0.6 is 0 Å². The molecule has 1 aromatic carbocycles. The summed E-state index contributed by atoms with van der Waals surface area (Å²) in [5.74, 6) is 0.245. The van der Waals surface area contributed by atoms with Crippen LogP contribution in [-0.2, 0) is 0 Å². The highest BCUT2D eigenvalue weighted by molar-refractivity contribution is 6.01. The number of nitro benzene ring substituents is 1. The fourth-order valence-electron chi connectivity index (χ4n) is 2.19. The van der Waals surface area contributed by atoms with Crippen molar-refractivity contribution >= 4 is 17.3 Å². The third kappa shape index (κ3) is 2.13. The van der Waals surface area contributed by atoms with Gasteiger partial charge in [-0.2, -0.15) is 0 Å². The maximum atomic E-state index is 12.2. The van der Waals surface area contributed by atoms with Crippen molar-refractivity contribution in [2.75, 3.05) is 18.8 Å². The Balaban J connectivity index is 2.31. The Hall–Kier alpha value is -2.11. The Morgan fingerprint density at radius 2 is 2.28 bits per heavy atom. The first-order valence-electron chi connectivity index (χ1n) is 5.83. The number of benzene rings is 1. The Bertz CT molecular complexity index is 501. The molecule has 1 atom stereocenters. The lowest BCUT2D eigenvalue weighted by atomic mass is 10.1. The highest BCUT2D eigenvalue weighted by atomic mass is 16.6. The lowest BCUT2D eigenvalue weighted by Crippen LogP contribution is -2.29. The van der Waals surface area contributed by atoms with E-state index in [1.54, 1.807) is 4.90 Å². The highest BCUT2D eigenvalue weighted by Gasteiger charge is 2.27. The number of anilines is 1. The van der Waals surface area contributed by atoms with Crippen LogP contribution < -0.4 is 5.73 Å². The second kappa shape index (κ2) is 4.64. The lowest BCUT2D eigenvalue weighted by Gasteiger charge is -2.16. The zero-order valence-electron chi connectivity index (χ0n) is 10.1. The van der Waals surface area contributed by atoms with Crippen molar-refractivity contribution in [3.8, 4) is 0 Å². The Kier molecular flexibility index (Phi) is 3.18. The fraction of sp³-hybridized carbons (Fsp3) is 0.417. The molecule has 18 heavy (non-hydrogen) atoms. The average Bonchev–Trinajstić information content (AvgIpc) is 2.75. The molecule has 96 valence electrons. The lowest BCUT2D eigenvalue weighted by molar-refractivity contribution is -0.383. The quantitative estimate of drug-likeness (QED) is 0.490. The van der Waals surface area contributed by atoms with E-state index in [1.807, 2.05) is 0 Å². The van der Waals surface area contributed by atoms with Gasteiger partial charge in [-0.3, -0.25) is 14.9 Å². The summed E-state index contributed by atoms with van der Waals surface area (Å²) in [6.07, 6.45) is 0.959. The third-order valence-corrected chi connectivity index (χ3v) is 3.22. The van der Waals surface area contributed by atoms with E-state index in [4.69, 9.17) is 5.73 Å². The van der Waals surface area contributed by atoms with Crippen LogP contribution in [0.1, 0.15) is 23.7 Å². The number of para-hydroxylation sites is 1. The molecular formula is C12H15N3O3. The van der Waals surface area contributed by atoms with E-state index in [-0.39, 0.29) is 22.8 Å². The number of rotatable bonds is 2. The molecule has 1 fully saturated rings. The molecule has 0 spiro atoms. The van der Waals surface area contributed by atoms with Crippen molar-refractivity contribution < 1.29 is 9.72 Å². The number of carbonyl (C=O) groups excluding carboxylic acids is 1. The molecule has 1 saturated heterocycles. The van der Waals surface area contributed by atoms with Gasteiger partial charge in [-0.25, -0.2) is 0 Å². The minimum Gasteiger partial charge on any atom is -0.393 e. The van der Waals surface area contributed by atoms with Crippen molar-refractivity contribution in [1.82, 2.24) is 4.90 Å². The van der Waals surface area contributed by atoms with Gasteiger partial charge in [0.1, 0.15) is 5.69 Å². The van der Waals surface area contributed by atoms with Crippen LogP contribution in [-0.4, -0.2) is 28.8 Å². The summed E-state index contributed by atoms with van der Waals surface area (Å²) in [6.45, 7) is 3.44. The minimum atomic E-state index is -0.571. The standard InChI is InChI=1S/C12H15N3O3/c1-8-5-6-14(7-8)12(16)9-3-2-4-10(11(9)13)15(17)18/h2-4,8H,5-7,13H2,1H3. The topological polar surface area (TPSA) is 89.5 Å². The first kappa shape index (κ1) is 12.3. The Labute approximate surface area is 105 Å². The molecule has 6 heteroatoms. The Morgan fingerprint density at radius 1 is 1.56 bits per heavy atom. The predicted molar refractivity (Wildman–Crippen MR) is 67.2 cm³/mol. The number of nitrogens with zero attached hydrogens (tertiary/aromatic N) is 2. The second-order valence-electron chi connectivity index (χ2n) is 4.64. The number of likely N-dealkylation sites (tertiary alicyclic amines) is 1. The van der Waals surface area contributed by atoms with E-state index < -0.39 is 4.92 Å². The van der Waals surface area contributed by atoms with Crippen LogP contribution in [0.5, 0.6) is 0 Å². The summed E-state index contributed by atoms with van der Waals surface area (Å²) < 4.78 is 0. The summed E-state index contributed by atoms with van der Waals surface area (Å²) in [7, 11) is 0. The summed E-state index contributed by atoms with van der Waals surface area (Å²) >= 11 is 0. The molecule has 1 aromatic rings. The van der Waals surface area contributed by atoms with E-state index in [1.165, 1.54) is 18.2 Å². The normalized spacial score (nSPS) is 18.9. The summed E-state index contributed by atoms with van der Waals surface area (Å²) in [5, 5.41) is 10.8. The van der Waals surface area contributed by atoms with Gasteiger partial charge in [0.15, 0.2) is 0 Å². The molecule has 1 amide bonds. The van der Waals surface area contributed by atoms with E-state index in [2.05, 4.69) is 6.92 Å². The first-order valence-corrected chi connectivity index (χ1v) is 5.83. The van der Waals surface area contributed by atoms with E-state index in [0.717, 1.165) is 6.42 Å². The molecule has 0 aromatic heterocycles. The molecule has 0 bridgehead atoms. The van der Waals surface area contributed by atoms with Crippen LogP contribution in [0.3, 0.4) is 0 Å². The molecule has 2 rings (SSSR count). The number of nitrogen functional groups attached to an aromatic ring is 1. The van der Waals surface area contributed by atoms with Gasteiger partial charge in [-0.1, -0.05) is 13.0 Å². The van der Waals surface area contributed by atoms with E-state index in [9.17, 15) is 14.9 Å². The van der Waals surface area contributed by atoms with Crippen LogP contribution in [0, 0.1) is 16.0 Å². The molecule has 6 nitrogen and oxygen atoms in total. The number of nitrogens with two attached hydrogens (primary N) is 1. The number of hydrogen-bond donors (Lipinski definition) is 1. The van der Waals surface area contributed by atoms with E-state index >= 15 is 0 Å². The van der Waals surface area contributed by atoms with Crippen molar-refractivity contribution in [2.24, 2.45) is 5.92 Å². The average molecular weight is 249 g/mol. The van der Waals surface area contributed by atoms with Crippen molar-refractivity contribution in [3.63, 3.8) is 0 Å². The zero-order valence-corrected chi connectivity index (χ0v) is 10.1. The van der Waals surface area contributed by atoms with Crippen LogP contribution in [0.2, 0.25) is 0 Å². The zero-order chi connectivity index (χ0) is 13.3. The van der Waals surface area contributed by atoms with Gasteiger partial charge in [0.05, 0.1) is 10.5 Å². The van der Waals surface area contributed by atoms with Crippen molar-refractivity contribution in [2.45, 2.75) is 13.3 Å². The highest BCUT2D eigenvalue weighted by Crippen LogP contribution is 2.27. The third-order valence-electron chi connectivity index (χ3n) is 3.22. The maximum absolute atomic E-state index is 12.2. The molecule has 0 radical (unpaired) electrons. The second-order valence-corrected chi connectivity index (χ2v) is 4.64. The summed E-state index contributed by atoms with van der Waals surface area (Å²) in [4.78, 5) is 24.1. The predicted octanol–water partition coefficient (Wildman–Crippen LogP) is 1.66. The SMILES string of the molecule is CC1CCN(C(=O)c2cccc([N+](=O)[O-])c2N)C1. The first-order chi connectivity index (χ1) is 8.50. The van der Waals surface area contributed by atoms with Crippen molar-refractivity contribution in [1.29, 1.82) is 0 Å². The van der Waals surface area contributed by atoms with Gasteiger partial charge in [0.2, 0.25) is 0 Å². The van der Waals surface area contributed by atoms with Crippen LogP contribution in [0.15, 0.2) is 18.2 Å². The number of nitro groups is 1. The van der Waals surface area contributed by atoms with Gasteiger partial charge in [0.25, 0.3) is 11.6 Å². The molecule has 0 saturated carbocycles. The summed E-state index contributed by atoms with van der Waals surface area (Å²) in [6, 6.07) is 4.33. The maximum Gasteiger partial charge on any atom is 0.292 e. The molecule has 2 N–H and O–H groups in total. The van der Waals surface area contributed by atoms with Gasteiger partial charge in [0, 0.05) is 19.2 Å². The number of hydrogen-bond acceptors (Lipinski definition) is 4. The van der Waals surface area contributed by atoms with Crippen LogP contribution in [0.4, 0.5) is 11.4 Å². The van der Waals surface area contributed by atoms with E-state index in [0.29, 0.717) is 19.0 Å². The molecule has 1 heterocycles. The Morgan fingerprint density at radius 3 is 2.83 bits per heavy atom. The summed E-state index contributed by atoms with van der Waals surface area (Å²) in [5.41, 5.74) is 5.66. The monoisotopic (exact) mass is 249 g/mol. The fourth-order valence-corrected chi connectivity index (χ4v) is 2.19. The largest absolute Gasteiger partial charge is 0.393 e. The molecule has 1 aliphatic rings. The smallest absolute Gasteiger partial charge is 0.292 e. The number of carbonyl (C=O) groups is 1. The van der Waals surface area contributed by atoms with Gasteiger partial charge >= 0.3 is 0 Å². The minimum absolute atomic E-state index is 0.0490. The number of amides is 1.